The number of carbonyl (C=O) groups excluding carboxylic acids is 1. The van der Waals surface area contributed by atoms with Gasteiger partial charge < -0.3 is 9.64 Å². The van der Waals surface area contributed by atoms with Gasteiger partial charge in [-0.15, -0.1) is 0 Å². The van der Waals surface area contributed by atoms with Crippen molar-refractivity contribution in [1.82, 2.24) is 4.90 Å². The highest BCUT2D eigenvalue weighted by Crippen LogP contribution is 2.39. The van der Waals surface area contributed by atoms with Gasteiger partial charge in [0.05, 0.1) is 17.5 Å². The molecule has 7 heteroatoms. The Morgan fingerprint density at radius 3 is 2.41 bits per heavy atom. The normalized spacial score (nSPS) is 22.5. The van der Waals surface area contributed by atoms with Crippen molar-refractivity contribution in [2.45, 2.75) is 43.8 Å². The van der Waals surface area contributed by atoms with Crippen molar-refractivity contribution in [3.63, 3.8) is 0 Å². The van der Waals surface area contributed by atoms with Crippen molar-refractivity contribution in [1.29, 1.82) is 0 Å². The van der Waals surface area contributed by atoms with Gasteiger partial charge in [0.2, 0.25) is 10.0 Å². The summed E-state index contributed by atoms with van der Waals surface area (Å²) in [6.07, 6.45) is 2.05. The van der Waals surface area contributed by atoms with Crippen LogP contribution >= 0.6 is 0 Å². The molecule has 1 saturated heterocycles. The van der Waals surface area contributed by atoms with E-state index in [4.69, 9.17) is 9.88 Å². The van der Waals surface area contributed by atoms with Crippen molar-refractivity contribution in [2.75, 3.05) is 13.1 Å². The number of primary sulfonamides is 1. The number of amides is 1. The summed E-state index contributed by atoms with van der Waals surface area (Å²) in [6.45, 7) is 4.45. The minimum absolute atomic E-state index is 0.00200. The van der Waals surface area contributed by atoms with E-state index >= 15 is 0 Å². The van der Waals surface area contributed by atoms with Crippen molar-refractivity contribution in [2.24, 2.45) is 11.1 Å². The SMILES string of the molecule is Cc1cc(C(=O)N2C[C@@H](c3ccccc3)O[C@@H](C3CC3)C2)cc(S(N)(=O)=O)c1C. The fourth-order valence-corrected chi connectivity index (χ4v) is 4.84. The first-order chi connectivity index (χ1) is 13.7. The molecule has 0 radical (unpaired) electrons. The van der Waals surface area contributed by atoms with Gasteiger partial charge in [-0.25, -0.2) is 13.6 Å². The van der Waals surface area contributed by atoms with Crippen LogP contribution in [0.4, 0.5) is 0 Å². The molecule has 2 N–H and O–H groups in total. The van der Waals surface area contributed by atoms with Crippen LogP contribution in [-0.4, -0.2) is 38.4 Å². The van der Waals surface area contributed by atoms with Gasteiger partial charge in [-0.3, -0.25) is 4.79 Å². The van der Waals surface area contributed by atoms with Crippen LogP contribution in [0.5, 0.6) is 0 Å². The summed E-state index contributed by atoms with van der Waals surface area (Å²) in [5.74, 6) is 0.296. The van der Waals surface area contributed by atoms with E-state index in [1.807, 2.05) is 30.3 Å². The lowest BCUT2D eigenvalue weighted by Gasteiger charge is -2.38. The third-order valence-corrected chi connectivity index (χ3v) is 6.94. The minimum Gasteiger partial charge on any atom is -0.366 e. The Morgan fingerprint density at radius 2 is 1.79 bits per heavy atom. The molecule has 1 heterocycles. The number of ether oxygens (including phenoxy) is 1. The summed E-state index contributed by atoms with van der Waals surface area (Å²) < 4.78 is 30.3. The fourth-order valence-electron chi connectivity index (χ4n) is 3.96. The van der Waals surface area contributed by atoms with Crippen molar-refractivity contribution in [3.8, 4) is 0 Å². The summed E-state index contributed by atoms with van der Waals surface area (Å²) in [7, 11) is -3.91. The van der Waals surface area contributed by atoms with Crippen LogP contribution in [0.3, 0.4) is 0 Å². The average Bonchev–Trinajstić information content (AvgIpc) is 3.54. The Morgan fingerprint density at radius 1 is 1.10 bits per heavy atom. The second-order valence-electron chi connectivity index (χ2n) is 8.08. The second kappa shape index (κ2) is 7.55. The van der Waals surface area contributed by atoms with Crippen LogP contribution < -0.4 is 5.14 Å². The average molecular weight is 415 g/mol. The van der Waals surface area contributed by atoms with Crippen LogP contribution in [0.25, 0.3) is 0 Å². The maximum atomic E-state index is 13.3. The van der Waals surface area contributed by atoms with Gasteiger partial charge in [0.25, 0.3) is 5.91 Å². The maximum absolute atomic E-state index is 13.3. The molecule has 0 aromatic heterocycles. The Balaban J connectivity index is 1.66. The summed E-state index contributed by atoms with van der Waals surface area (Å²) in [4.78, 5) is 15.1. The number of carbonyl (C=O) groups is 1. The van der Waals surface area contributed by atoms with E-state index in [0.717, 1.165) is 24.0 Å². The Labute approximate surface area is 171 Å². The first-order valence-corrected chi connectivity index (χ1v) is 11.4. The molecule has 29 heavy (non-hydrogen) atoms. The molecule has 1 saturated carbocycles. The van der Waals surface area contributed by atoms with Gasteiger partial charge in [-0.05, 0) is 61.4 Å². The molecule has 0 bridgehead atoms. The number of nitrogens with zero attached hydrogens (tertiary/aromatic N) is 1. The number of benzene rings is 2. The van der Waals surface area contributed by atoms with E-state index in [1.165, 1.54) is 6.07 Å². The molecule has 1 aliphatic heterocycles. The summed E-state index contributed by atoms with van der Waals surface area (Å²) in [5.41, 5.74) is 2.69. The number of rotatable bonds is 4. The largest absolute Gasteiger partial charge is 0.366 e. The zero-order valence-electron chi connectivity index (χ0n) is 16.7. The van der Waals surface area contributed by atoms with E-state index in [0.29, 0.717) is 30.1 Å². The molecule has 2 aromatic carbocycles. The molecule has 2 aliphatic rings. The van der Waals surface area contributed by atoms with Crippen molar-refractivity contribution >= 4 is 15.9 Å². The molecular formula is C22H26N2O4S. The third-order valence-electron chi connectivity index (χ3n) is 5.91. The summed E-state index contributed by atoms with van der Waals surface area (Å²) in [6, 6.07) is 13.1. The Bertz CT molecular complexity index is 1030. The van der Waals surface area contributed by atoms with Gasteiger partial charge in [0.15, 0.2) is 0 Å². The first kappa shape index (κ1) is 20.1. The van der Waals surface area contributed by atoms with E-state index in [9.17, 15) is 13.2 Å². The molecule has 2 atom stereocenters. The maximum Gasteiger partial charge on any atom is 0.254 e. The van der Waals surface area contributed by atoms with Gasteiger partial charge in [-0.2, -0.15) is 0 Å². The highest BCUT2D eigenvalue weighted by atomic mass is 32.2. The highest BCUT2D eigenvalue weighted by Gasteiger charge is 2.40. The molecule has 0 unspecified atom stereocenters. The molecule has 6 nitrogen and oxygen atoms in total. The summed E-state index contributed by atoms with van der Waals surface area (Å²) in [5, 5.41) is 5.37. The van der Waals surface area contributed by atoms with Gasteiger partial charge in [-0.1, -0.05) is 30.3 Å². The summed E-state index contributed by atoms with van der Waals surface area (Å²) >= 11 is 0. The predicted octanol–water partition coefficient (Wildman–Crippen LogP) is 2.94. The minimum atomic E-state index is -3.91. The zero-order chi connectivity index (χ0) is 20.8. The quantitative estimate of drug-likeness (QED) is 0.833. The molecule has 4 rings (SSSR count). The number of aryl methyl sites for hydroxylation is 1. The molecule has 1 aliphatic carbocycles. The van der Waals surface area contributed by atoms with Crippen LogP contribution in [0, 0.1) is 19.8 Å². The number of sulfonamides is 1. The second-order valence-corrected chi connectivity index (χ2v) is 9.61. The lowest BCUT2D eigenvalue weighted by atomic mass is 10.0. The molecule has 2 fully saturated rings. The van der Waals surface area contributed by atoms with Gasteiger partial charge in [0, 0.05) is 12.1 Å². The van der Waals surface area contributed by atoms with E-state index < -0.39 is 10.0 Å². The first-order valence-electron chi connectivity index (χ1n) is 9.88. The zero-order valence-corrected chi connectivity index (χ0v) is 17.5. The van der Waals surface area contributed by atoms with Crippen LogP contribution in [-0.2, 0) is 14.8 Å². The van der Waals surface area contributed by atoms with Gasteiger partial charge >= 0.3 is 0 Å². The molecule has 154 valence electrons. The molecule has 2 aromatic rings. The lowest BCUT2D eigenvalue weighted by Crippen LogP contribution is -2.47. The molecule has 0 spiro atoms. The number of hydrogen-bond acceptors (Lipinski definition) is 4. The monoisotopic (exact) mass is 414 g/mol. The van der Waals surface area contributed by atoms with Gasteiger partial charge in [0.1, 0.15) is 6.10 Å². The van der Waals surface area contributed by atoms with E-state index in [1.54, 1.807) is 24.8 Å². The van der Waals surface area contributed by atoms with E-state index in [-0.39, 0.29) is 23.0 Å². The molecule has 1 amide bonds. The molecular weight excluding hydrogens is 388 g/mol. The van der Waals surface area contributed by atoms with Crippen molar-refractivity contribution in [3.05, 3.63) is 64.7 Å². The number of morpholine rings is 1. The fraction of sp³-hybridized carbons (Fsp3) is 0.409. The topological polar surface area (TPSA) is 89.7 Å². The highest BCUT2D eigenvalue weighted by molar-refractivity contribution is 7.89. The Hall–Kier alpha value is -2.22. The number of hydrogen-bond donors (Lipinski definition) is 1. The smallest absolute Gasteiger partial charge is 0.254 e. The van der Waals surface area contributed by atoms with Crippen LogP contribution in [0.1, 0.15) is 46.0 Å². The standard InChI is InChI=1S/C22H26N2O4S/c1-14-10-18(11-21(15(14)2)29(23,26)27)22(25)24-12-19(16-6-4-3-5-7-16)28-20(13-24)17-8-9-17/h3-7,10-11,17,19-20H,8-9,12-13H2,1-2H3,(H2,23,26,27)/t19-,20+/m0/s1. The predicted molar refractivity (Wildman–Crippen MR) is 110 cm³/mol. The number of nitrogens with two attached hydrogens (primary N) is 1. The van der Waals surface area contributed by atoms with Crippen molar-refractivity contribution < 1.29 is 17.9 Å². The van der Waals surface area contributed by atoms with Crippen LogP contribution in [0.15, 0.2) is 47.4 Å². The lowest BCUT2D eigenvalue weighted by molar-refractivity contribution is -0.0864. The van der Waals surface area contributed by atoms with E-state index in [2.05, 4.69) is 0 Å². The third kappa shape index (κ3) is 4.22. The Kier molecular flexibility index (Phi) is 5.23. The van der Waals surface area contributed by atoms with Crippen LogP contribution in [0.2, 0.25) is 0 Å².